The number of carbonyl (C=O) groups is 3. The van der Waals surface area contributed by atoms with Crippen molar-refractivity contribution in [3.05, 3.63) is 64.2 Å². The fraction of sp³-hybridized carbons (Fsp3) is 0.500. The average Bonchev–Trinajstić information content (AvgIpc) is 3.66. The lowest BCUT2D eigenvalue weighted by Crippen LogP contribution is -2.55. The number of amides is 3. The summed E-state index contributed by atoms with van der Waals surface area (Å²) >= 11 is 6.43. The molecule has 0 saturated heterocycles. The van der Waals surface area contributed by atoms with Crippen molar-refractivity contribution in [2.75, 3.05) is 5.32 Å². The predicted molar refractivity (Wildman–Crippen MR) is 151 cm³/mol. The highest BCUT2D eigenvalue weighted by molar-refractivity contribution is 6.34. The molecule has 0 spiro atoms. The molecule has 8 heteroatoms. The summed E-state index contributed by atoms with van der Waals surface area (Å²) in [5, 5.41) is 6.22. The third-order valence-corrected chi connectivity index (χ3v) is 7.02. The Bertz CT molecular complexity index is 1150. The van der Waals surface area contributed by atoms with E-state index in [1.165, 1.54) is 0 Å². The van der Waals surface area contributed by atoms with Crippen molar-refractivity contribution in [3.63, 3.8) is 0 Å². The van der Waals surface area contributed by atoms with Gasteiger partial charge in [0.05, 0.1) is 10.7 Å². The molecule has 2 N–H and O–H groups in total. The van der Waals surface area contributed by atoms with E-state index in [2.05, 4.69) is 10.6 Å². The summed E-state index contributed by atoms with van der Waals surface area (Å²) in [6, 6.07) is 11.2. The van der Waals surface area contributed by atoms with Gasteiger partial charge < -0.3 is 20.3 Å². The summed E-state index contributed by atoms with van der Waals surface area (Å²) in [7, 11) is 0. The van der Waals surface area contributed by atoms with Crippen LogP contribution in [-0.2, 0) is 14.3 Å². The van der Waals surface area contributed by atoms with E-state index in [1.54, 1.807) is 31.7 Å². The van der Waals surface area contributed by atoms with Crippen LogP contribution in [0.4, 0.5) is 10.5 Å². The molecule has 2 aromatic carbocycles. The van der Waals surface area contributed by atoms with Crippen LogP contribution in [0.5, 0.6) is 0 Å². The fourth-order valence-corrected chi connectivity index (χ4v) is 4.68. The topological polar surface area (TPSA) is 87.7 Å². The van der Waals surface area contributed by atoms with E-state index >= 15 is 0 Å². The minimum atomic E-state index is -0.905. The molecule has 1 aliphatic carbocycles. The summed E-state index contributed by atoms with van der Waals surface area (Å²) in [5.74, 6) is -0.833. The zero-order valence-corrected chi connectivity index (χ0v) is 24.2. The average molecular weight is 542 g/mol. The summed E-state index contributed by atoms with van der Waals surface area (Å²) in [6.45, 7) is 13.0. The van der Waals surface area contributed by atoms with Gasteiger partial charge in [-0.25, -0.2) is 4.79 Å². The molecule has 3 unspecified atom stereocenters. The van der Waals surface area contributed by atoms with Crippen LogP contribution in [-0.4, -0.2) is 40.5 Å². The number of alkyl carbamates (subject to hydrolysis) is 1. The van der Waals surface area contributed by atoms with Gasteiger partial charge in [0.25, 0.3) is 5.91 Å². The van der Waals surface area contributed by atoms with Gasteiger partial charge in [-0.2, -0.15) is 0 Å². The number of anilines is 1. The number of benzene rings is 2. The first kappa shape index (κ1) is 29.5. The first-order valence-corrected chi connectivity index (χ1v) is 13.6. The molecule has 3 rings (SSSR count). The molecule has 0 radical (unpaired) electrons. The number of hydrogen-bond acceptors (Lipinski definition) is 4. The van der Waals surface area contributed by atoms with E-state index in [0.29, 0.717) is 22.7 Å². The Morgan fingerprint density at radius 2 is 1.76 bits per heavy atom. The molecule has 0 heterocycles. The van der Waals surface area contributed by atoms with E-state index in [1.807, 2.05) is 64.1 Å². The second kappa shape index (κ2) is 12.2. The van der Waals surface area contributed by atoms with Crippen molar-refractivity contribution >= 4 is 35.2 Å². The summed E-state index contributed by atoms with van der Waals surface area (Å²) in [5.41, 5.74) is 2.31. The maximum atomic E-state index is 14.3. The second-order valence-corrected chi connectivity index (χ2v) is 11.6. The van der Waals surface area contributed by atoms with E-state index in [9.17, 15) is 14.4 Å². The third kappa shape index (κ3) is 7.50. The monoisotopic (exact) mass is 541 g/mol. The Balaban J connectivity index is 2.03. The lowest BCUT2D eigenvalue weighted by atomic mass is 9.95. The number of hydrogen-bond donors (Lipinski definition) is 2. The van der Waals surface area contributed by atoms with Crippen molar-refractivity contribution in [3.8, 4) is 0 Å². The maximum absolute atomic E-state index is 14.3. The van der Waals surface area contributed by atoms with E-state index < -0.39 is 23.8 Å². The van der Waals surface area contributed by atoms with Crippen LogP contribution < -0.4 is 10.6 Å². The van der Waals surface area contributed by atoms with Gasteiger partial charge in [-0.15, -0.1) is 0 Å². The molecule has 3 atom stereocenters. The van der Waals surface area contributed by atoms with Crippen LogP contribution in [0.15, 0.2) is 42.5 Å². The standard InChI is InChI=1S/C30H40ClN3O4/c1-8-19(3)25(33-29(37)38-30(5,6)7)28(36)34(22-15-16-22)26(21-13-9-11-18(2)17-21)27(35)32-24-20(4)12-10-14-23(24)31/h9-14,17,19,22,25-26H,8,15-16H2,1-7H3,(H,32,35)(H,33,37). The first-order chi connectivity index (χ1) is 17.8. The number of ether oxygens (including phenoxy) is 1. The van der Waals surface area contributed by atoms with Crippen LogP contribution in [0.3, 0.4) is 0 Å². The molecular formula is C30H40ClN3O4. The molecular weight excluding hydrogens is 502 g/mol. The minimum absolute atomic E-state index is 0.113. The number of nitrogens with one attached hydrogen (secondary N) is 2. The second-order valence-electron chi connectivity index (χ2n) is 11.2. The maximum Gasteiger partial charge on any atom is 0.408 e. The lowest BCUT2D eigenvalue weighted by Gasteiger charge is -2.36. The smallest absolute Gasteiger partial charge is 0.408 e. The highest BCUT2D eigenvalue weighted by Gasteiger charge is 2.45. The van der Waals surface area contributed by atoms with Crippen molar-refractivity contribution in [1.29, 1.82) is 0 Å². The molecule has 1 saturated carbocycles. The van der Waals surface area contributed by atoms with Gasteiger partial charge in [-0.1, -0.05) is 73.8 Å². The van der Waals surface area contributed by atoms with Gasteiger partial charge in [0.15, 0.2) is 0 Å². The number of aryl methyl sites for hydroxylation is 2. The van der Waals surface area contributed by atoms with E-state index in [4.69, 9.17) is 16.3 Å². The van der Waals surface area contributed by atoms with Gasteiger partial charge in [0.1, 0.15) is 17.7 Å². The Kier molecular flexibility index (Phi) is 9.47. The Morgan fingerprint density at radius 1 is 1.11 bits per heavy atom. The molecule has 3 amide bonds. The van der Waals surface area contributed by atoms with Crippen molar-refractivity contribution in [1.82, 2.24) is 10.2 Å². The SMILES string of the molecule is CCC(C)C(NC(=O)OC(C)(C)C)C(=O)N(C1CC1)C(C(=O)Nc1c(C)cccc1Cl)c1cccc(C)c1. The van der Waals surface area contributed by atoms with Gasteiger partial charge in [0, 0.05) is 6.04 Å². The molecule has 206 valence electrons. The van der Waals surface area contributed by atoms with Gasteiger partial charge in [0.2, 0.25) is 5.91 Å². The molecule has 1 aliphatic rings. The number of nitrogens with zero attached hydrogens (tertiary/aromatic N) is 1. The molecule has 38 heavy (non-hydrogen) atoms. The van der Waals surface area contributed by atoms with Crippen molar-refractivity contribution in [2.45, 2.75) is 91.5 Å². The Morgan fingerprint density at radius 3 is 2.32 bits per heavy atom. The van der Waals surface area contributed by atoms with Gasteiger partial charge >= 0.3 is 6.09 Å². The normalized spacial score (nSPS) is 15.7. The van der Waals surface area contributed by atoms with Crippen LogP contribution in [0.25, 0.3) is 0 Å². The number of carbonyl (C=O) groups excluding carboxylic acids is 3. The summed E-state index contributed by atoms with van der Waals surface area (Å²) < 4.78 is 5.47. The highest BCUT2D eigenvalue weighted by Crippen LogP contribution is 2.37. The number of para-hydroxylation sites is 1. The third-order valence-electron chi connectivity index (χ3n) is 6.70. The van der Waals surface area contributed by atoms with Crippen LogP contribution in [0, 0.1) is 19.8 Å². The molecule has 0 bridgehead atoms. The number of rotatable bonds is 9. The Hall–Kier alpha value is -3.06. The quantitative estimate of drug-likeness (QED) is 0.376. The largest absolute Gasteiger partial charge is 0.444 e. The summed E-state index contributed by atoms with van der Waals surface area (Å²) in [4.78, 5) is 42.7. The number of halogens is 1. The minimum Gasteiger partial charge on any atom is -0.444 e. The zero-order valence-electron chi connectivity index (χ0n) is 23.4. The lowest BCUT2D eigenvalue weighted by molar-refractivity contribution is -0.142. The molecule has 1 fully saturated rings. The van der Waals surface area contributed by atoms with Crippen LogP contribution >= 0.6 is 11.6 Å². The zero-order chi connectivity index (χ0) is 28.2. The van der Waals surface area contributed by atoms with Crippen LogP contribution in [0.1, 0.15) is 76.6 Å². The Labute approximate surface area is 231 Å². The van der Waals surface area contributed by atoms with E-state index in [0.717, 1.165) is 24.0 Å². The molecule has 7 nitrogen and oxygen atoms in total. The predicted octanol–water partition coefficient (Wildman–Crippen LogP) is 6.57. The van der Waals surface area contributed by atoms with E-state index in [-0.39, 0.29) is 23.8 Å². The van der Waals surface area contributed by atoms with Crippen molar-refractivity contribution in [2.24, 2.45) is 5.92 Å². The molecule has 0 aliphatic heterocycles. The molecule has 2 aromatic rings. The fourth-order valence-electron chi connectivity index (χ4n) is 4.41. The highest BCUT2D eigenvalue weighted by atomic mass is 35.5. The van der Waals surface area contributed by atoms with Gasteiger partial charge in [-0.05, 0) is 70.6 Å². The van der Waals surface area contributed by atoms with Gasteiger partial charge in [-0.3, -0.25) is 9.59 Å². The molecule has 0 aromatic heterocycles. The first-order valence-electron chi connectivity index (χ1n) is 13.3. The van der Waals surface area contributed by atoms with Crippen molar-refractivity contribution < 1.29 is 19.1 Å². The van der Waals surface area contributed by atoms with Crippen LogP contribution in [0.2, 0.25) is 5.02 Å². The summed E-state index contributed by atoms with van der Waals surface area (Å²) in [6.07, 6.45) is 1.57.